The predicted molar refractivity (Wildman–Crippen MR) is 67.4 cm³/mol. The summed E-state index contributed by atoms with van der Waals surface area (Å²) in [6.45, 7) is 5.34. The third-order valence-corrected chi connectivity index (χ3v) is 3.14. The van der Waals surface area contributed by atoms with Gasteiger partial charge >= 0.3 is 0 Å². The molecule has 2 N–H and O–H groups in total. The van der Waals surface area contributed by atoms with E-state index in [1.54, 1.807) is 13.0 Å². The van der Waals surface area contributed by atoms with Crippen LogP contribution >= 0.6 is 0 Å². The Kier molecular flexibility index (Phi) is 3.31. The molecule has 1 aromatic carbocycles. The molecule has 0 aliphatic carbocycles. The highest BCUT2D eigenvalue weighted by Crippen LogP contribution is 2.26. The maximum atomic E-state index is 13.6. The van der Waals surface area contributed by atoms with Gasteiger partial charge in [-0.3, -0.25) is 4.99 Å². The topological polar surface area (TPSA) is 41.6 Å². The molecule has 1 aliphatic rings. The molecule has 0 amide bonds. The molecule has 17 heavy (non-hydrogen) atoms. The van der Waals surface area contributed by atoms with Crippen LogP contribution in [-0.4, -0.2) is 23.9 Å². The van der Waals surface area contributed by atoms with Gasteiger partial charge < -0.3 is 10.6 Å². The average Bonchev–Trinajstić information content (AvgIpc) is 2.66. The van der Waals surface area contributed by atoms with Crippen molar-refractivity contribution in [2.24, 2.45) is 10.7 Å². The standard InChI is InChI=1S/C13H18FN3/c1-3-6-17-12(8-16-13(17)15)10-5-4-9(2)11(14)7-10/h4-5,7,12H,3,6,8H2,1-2H3,(H2,15,16). The van der Waals surface area contributed by atoms with Crippen molar-refractivity contribution in [1.82, 2.24) is 4.90 Å². The first kappa shape index (κ1) is 11.9. The molecule has 2 rings (SSSR count). The van der Waals surface area contributed by atoms with Gasteiger partial charge in [0.25, 0.3) is 0 Å². The number of hydrogen-bond donors (Lipinski definition) is 1. The molecule has 92 valence electrons. The number of hydrogen-bond acceptors (Lipinski definition) is 3. The van der Waals surface area contributed by atoms with Crippen LogP contribution in [0.4, 0.5) is 4.39 Å². The van der Waals surface area contributed by atoms with E-state index in [-0.39, 0.29) is 11.9 Å². The largest absolute Gasteiger partial charge is 0.370 e. The van der Waals surface area contributed by atoms with Gasteiger partial charge in [0, 0.05) is 6.54 Å². The van der Waals surface area contributed by atoms with E-state index < -0.39 is 0 Å². The van der Waals surface area contributed by atoms with Crippen molar-refractivity contribution in [2.45, 2.75) is 26.3 Å². The van der Waals surface area contributed by atoms with Gasteiger partial charge in [0.1, 0.15) is 5.82 Å². The van der Waals surface area contributed by atoms with Crippen LogP contribution in [0.15, 0.2) is 23.2 Å². The van der Waals surface area contributed by atoms with Gasteiger partial charge in [0.15, 0.2) is 5.96 Å². The fourth-order valence-corrected chi connectivity index (χ4v) is 2.14. The Bertz CT molecular complexity index is 442. The van der Waals surface area contributed by atoms with Crippen LogP contribution in [0.2, 0.25) is 0 Å². The maximum absolute atomic E-state index is 13.6. The summed E-state index contributed by atoms with van der Waals surface area (Å²) in [4.78, 5) is 6.29. The quantitative estimate of drug-likeness (QED) is 0.872. The smallest absolute Gasteiger partial charge is 0.191 e. The Morgan fingerprint density at radius 2 is 2.29 bits per heavy atom. The lowest BCUT2D eigenvalue weighted by Gasteiger charge is -2.26. The molecule has 0 saturated carbocycles. The van der Waals surface area contributed by atoms with E-state index in [0.717, 1.165) is 18.5 Å². The van der Waals surface area contributed by atoms with E-state index in [1.165, 1.54) is 0 Å². The van der Waals surface area contributed by atoms with Crippen molar-refractivity contribution >= 4 is 5.96 Å². The van der Waals surface area contributed by atoms with Crippen LogP contribution in [0.1, 0.15) is 30.5 Å². The van der Waals surface area contributed by atoms with Crippen molar-refractivity contribution in [1.29, 1.82) is 0 Å². The lowest BCUT2D eigenvalue weighted by Crippen LogP contribution is -2.36. The molecule has 0 spiro atoms. The number of nitrogens with two attached hydrogens (primary N) is 1. The van der Waals surface area contributed by atoms with Crippen LogP contribution < -0.4 is 5.73 Å². The average molecular weight is 235 g/mol. The Balaban J connectivity index is 2.25. The van der Waals surface area contributed by atoms with Gasteiger partial charge in [-0.25, -0.2) is 4.39 Å². The number of benzene rings is 1. The minimum Gasteiger partial charge on any atom is -0.370 e. The van der Waals surface area contributed by atoms with Crippen molar-refractivity contribution < 1.29 is 4.39 Å². The number of aliphatic imine (C=N–C) groups is 1. The molecule has 1 unspecified atom stereocenters. The lowest BCUT2D eigenvalue weighted by molar-refractivity contribution is 0.346. The fourth-order valence-electron chi connectivity index (χ4n) is 2.14. The van der Waals surface area contributed by atoms with E-state index in [4.69, 9.17) is 5.73 Å². The van der Waals surface area contributed by atoms with Crippen molar-refractivity contribution in [3.63, 3.8) is 0 Å². The predicted octanol–water partition coefficient (Wildman–Crippen LogP) is 2.22. The second-order valence-electron chi connectivity index (χ2n) is 4.42. The highest BCUT2D eigenvalue weighted by atomic mass is 19.1. The number of rotatable bonds is 3. The Labute approximate surface area is 101 Å². The lowest BCUT2D eigenvalue weighted by atomic mass is 10.0. The summed E-state index contributed by atoms with van der Waals surface area (Å²) in [6, 6.07) is 5.45. The molecule has 0 fully saturated rings. The van der Waals surface area contributed by atoms with Gasteiger partial charge in [-0.1, -0.05) is 19.1 Å². The van der Waals surface area contributed by atoms with Crippen molar-refractivity contribution in [3.8, 4) is 0 Å². The molecule has 0 aromatic heterocycles. The molecule has 3 nitrogen and oxygen atoms in total. The molecular weight excluding hydrogens is 217 g/mol. The summed E-state index contributed by atoms with van der Waals surface area (Å²) in [7, 11) is 0. The molecule has 1 aromatic rings. The first-order valence-electron chi connectivity index (χ1n) is 5.96. The SMILES string of the molecule is CCCN1C(N)=NCC1c1ccc(C)c(F)c1. The number of halogens is 1. The van der Waals surface area contributed by atoms with E-state index in [2.05, 4.69) is 11.9 Å². The molecule has 1 aliphatic heterocycles. The van der Waals surface area contributed by atoms with Gasteiger partial charge in [0.2, 0.25) is 0 Å². The molecule has 0 radical (unpaired) electrons. The minimum absolute atomic E-state index is 0.0880. The summed E-state index contributed by atoms with van der Waals surface area (Å²) in [6.07, 6.45) is 1.00. The number of guanidine groups is 1. The molecule has 0 saturated heterocycles. The Hall–Kier alpha value is -1.58. The summed E-state index contributed by atoms with van der Waals surface area (Å²) in [5.41, 5.74) is 7.46. The monoisotopic (exact) mass is 235 g/mol. The van der Waals surface area contributed by atoms with Crippen LogP contribution in [-0.2, 0) is 0 Å². The fraction of sp³-hybridized carbons (Fsp3) is 0.462. The molecular formula is C13H18FN3. The third kappa shape index (κ3) is 2.25. The number of nitrogens with zero attached hydrogens (tertiary/aromatic N) is 2. The molecule has 4 heteroatoms. The zero-order chi connectivity index (χ0) is 12.4. The summed E-state index contributed by atoms with van der Waals surface area (Å²) < 4.78 is 13.6. The van der Waals surface area contributed by atoms with Gasteiger partial charge in [-0.05, 0) is 30.5 Å². The highest BCUT2D eigenvalue weighted by Gasteiger charge is 2.26. The summed E-state index contributed by atoms with van der Waals surface area (Å²) in [5.74, 6) is 0.405. The second-order valence-corrected chi connectivity index (χ2v) is 4.42. The summed E-state index contributed by atoms with van der Waals surface area (Å²) >= 11 is 0. The van der Waals surface area contributed by atoms with E-state index in [0.29, 0.717) is 18.1 Å². The van der Waals surface area contributed by atoms with E-state index >= 15 is 0 Å². The van der Waals surface area contributed by atoms with Crippen molar-refractivity contribution in [3.05, 3.63) is 35.1 Å². The van der Waals surface area contributed by atoms with Crippen LogP contribution in [0, 0.1) is 12.7 Å². The minimum atomic E-state index is -0.163. The van der Waals surface area contributed by atoms with Crippen LogP contribution in [0.3, 0.4) is 0 Å². The van der Waals surface area contributed by atoms with Crippen LogP contribution in [0.25, 0.3) is 0 Å². The van der Waals surface area contributed by atoms with Gasteiger partial charge in [-0.15, -0.1) is 0 Å². The normalized spacial score (nSPS) is 19.6. The summed E-state index contributed by atoms with van der Waals surface area (Å²) in [5, 5.41) is 0. The van der Waals surface area contributed by atoms with E-state index in [9.17, 15) is 4.39 Å². The molecule has 0 bridgehead atoms. The second kappa shape index (κ2) is 4.73. The number of aryl methyl sites for hydroxylation is 1. The first-order chi connectivity index (χ1) is 8.13. The first-order valence-corrected chi connectivity index (χ1v) is 5.96. The zero-order valence-electron chi connectivity index (χ0n) is 10.3. The Morgan fingerprint density at radius 1 is 1.53 bits per heavy atom. The van der Waals surface area contributed by atoms with Gasteiger partial charge in [0.05, 0.1) is 12.6 Å². The van der Waals surface area contributed by atoms with Crippen molar-refractivity contribution in [2.75, 3.05) is 13.1 Å². The van der Waals surface area contributed by atoms with Crippen LogP contribution in [0.5, 0.6) is 0 Å². The third-order valence-electron chi connectivity index (χ3n) is 3.14. The van der Waals surface area contributed by atoms with Gasteiger partial charge in [-0.2, -0.15) is 0 Å². The Morgan fingerprint density at radius 3 is 2.94 bits per heavy atom. The zero-order valence-corrected chi connectivity index (χ0v) is 10.3. The highest BCUT2D eigenvalue weighted by molar-refractivity contribution is 5.80. The molecule has 1 atom stereocenters. The maximum Gasteiger partial charge on any atom is 0.191 e. The molecule has 1 heterocycles. The van der Waals surface area contributed by atoms with E-state index in [1.807, 2.05) is 17.0 Å².